The van der Waals surface area contributed by atoms with Crippen molar-refractivity contribution in [3.05, 3.63) is 82.7 Å². The third-order valence-electron chi connectivity index (χ3n) is 6.94. The molecule has 2 atom stereocenters. The zero-order chi connectivity index (χ0) is 31.9. The Labute approximate surface area is 252 Å². The fourth-order valence-corrected chi connectivity index (χ4v) is 4.55. The molecule has 2 unspecified atom stereocenters. The Morgan fingerprint density at radius 2 is 1.86 bits per heavy atom. The second-order valence-electron chi connectivity index (χ2n) is 10.4. The number of benzene rings is 1. The van der Waals surface area contributed by atoms with Crippen LogP contribution < -0.4 is 21.7 Å². The van der Waals surface area contributed by atoms with E-state index in [4.69, 9.17) is 15.9 Å². The average molecular weight is 610 g/mol. The molecule has 6 N–H and O–H groups in total. The first-order valence-electron chi connectivity index (χ1n) is 14.1. The molecule has 2 amide bonds. The number of halogens is 3. The van der Waals surface area contributed by atoms with Crippen LogP contribution in [-0.2, 0) is 15.7 Å². The Balaban J connectivity index is 1.58. The summed E-state index contributed by atoms with van der Waals surface area (Å²) in [6.07, 6.45) is 3.19. The van der Waals surface area contributed by atoms with Gasteiger partial charge in [-0.3, -0.25) is 15.0 Å². The second kappa shape index (κ2) is 14.1. The second-order valence-corrected chi connectivity index (χ2v) is 10.4. The summed E-state index contributed by atoms with van der Waals surface area (Å²) in [5, 5.41) is 17.7. The van der Waals surface area contributed by atoms with Gasteiger partial charge in [0.1, 0.15) is 11.6 Å². The van der Waals surface area contributed by atoms with Gasteiger partial charge < -0.3 is 26.4 Å². The molecule has 1 aliphatic heterocycles. The van der Waals surface area contributed by atoms with Crippen LogP contribution in [0, 0.1) is 5.41 Å². The highest BCUT2D eigenvalue weighted by Gasteiger charge is 2.31. The molecule has 232 valence electrons. The Morgan fingerprint density at radius 1 is 1.14 bits per heavy atom. The minimum Gasteiger partial charge on any atom is -0.384 e. The van der Waals surface area contributed by atoms with Gasteiger partial charge in [-0.05, 0) is 51.0 Å². The summed E-state index contributed by atoms with van der Waals surface area (Å²) in [6, 6.07) is 7.48. The van der Waals surface area contributed by atoms with Crippen LogP contribution in [0.15, 0.2) is 54.9 Å². The van der Waals surface area contributed by atoms with Gasteiger partial charge in [-0.15, -0.1) is 0 Å². The standard InChI is InChI=1S/C31H34F3N7O3/c1-18-10-13-38-28-22(5-3-4-19(2)44-15-12-25(42)40-18)17-39-29(36)26(28)27(35)20-6-8-21(9-7-20)30(43)41-24-16-23(11-14-37-24)31(32,33)34/h3,5-9,11,14,16-19,35,38H,4,10,12-13,15H2,1-2H3,(H2,36,39)(H,40,42)(H,37,41,43)/b5-3+,35-27?. The van der Waals surface area contributed by atoms with E-state index >= 15 is 0 Å². The van der Waals surface area contributed by atoms with E-state index < -0.39 is 17.6 Å². The molecule has 0 saturated carbocycles. The van der Waals surface area contributed by atoms with Gasteiger partial charge in [-0.1, -0.05) is 24.3 Å². The number of ether oxygens (including phenoxy) is 1. The summed E-state index contributed by atoms with van der Waals surface area (Å²) >= 11 is 0. The molecule has 4 rings (SSSR count). The number of hydrogen-bond acceptors (Lipinski definition) is 8. The maximum absolute atomic E-state index is 13.0. The SMILES string of the molecule is CC1CCNc2c(cnc(N)c2C(=N)c2ccc(C(=O)Nc3cc(C(F)(F)F)ccn3)cc2)/C=C/CC(C)OCCC(=O)N1. The molecular formula is C31H34F3N7O3. The highest BCUT2D eigenvalue weighted by molar-refractivity contribution is 6.17. The Kier molecular flexibility index (Phi) is 10.3. The van der Waals surface area contributed by atoms with Crippen molar-refractivity contribution in [3.63, 3.8) is 0 Å². The maximum Gasteiger partial charge on any atom is 0.416 e. The summed E-state index contributed by atoms with van der Waals surface area (Å²) in [7, 11) is 0. The fraction of sp³-hybridized carbons (Fsp3) is 0.323. The molecule has 0 spiro atoms. The van der Waals surface area contributed by atoms with E-state index in [9.17, 15) is 22.8 Å². The van der Waals surface area contributed by atoms with Crippen LogP contribution in [0.25, 0.3) is 6.08 Å². The zero-order valence-electron chi connectivity index (χ0n) is 24.3. The van der Waals surface area contributed by atoms with Gasteiger partial charge in [0.05, 0.1) is 35.2 Å². The number of hydrogen-bond donors (Lipinski definition) is 5. The van der Waals surface area contributed by atoms with E-state index in [2.05, 4.69) is 25.9 Å². The van der Waals surface area contributed by atoms with Crippen molar-refractivity contribution in [2.45, 2.75) is 51.4 Å². The number of rotatable bonds is 4. The number of nitrogens with two attached hydrogens (primary N) is 1. The number of amides is 2. The molecule has 0 radical (unpaired) electrons. The van der Waals surface area contributed by atoms with Crippen LogP contribution in [0.5, 0.6) is 0 Å². The Hall–Kier alpha value is -4.78. The van der Waals surface area contributed by atoms with Crippen LogP contribution in [0.4, 0.5) is 30.5 Å². The minimum atomic E-state index is -4.57. The average Bonchev–Trinajstić information content (AvgIpc) is 2.97. The molecule has 1 aromatic carbocycles. The number of nitrogens with zero attached hydrogens (tertiary/aromatic N) is 2. The van der Waals surface area contributed by atoms with Gasteiger partial charge in [0, 0.05) is 48.1 Å². The molecule has 0 saturated heterocycles. The summed E-state index contributed by atoms with van der Waals surface area (Å²) in [5.41, 5.74) is 7.68. The van der Waals surface area contributed by atoms with Crippen LogP contribution in [-0.4, -0.2) is 52.8 Å². The lowest BCUT2D eigenvalue weighted by atomic mass is 9.97. The zero-order valence-corrected chi connectivity index (χ0v) is 24.3. The first kappa shape index (κ1) is 32.1. The summed E-state index contributed by atoms with van der Waals surface area (Å²) < 4.78 is 44.8. The van der Waals surface area contributed by atoms with Gasteiger partial charge in [-0.2, -0.15) is 13.2 Å². The molecule has 0 aliphatic carbocycles. The summed E-state index contributed by atoms with van der Waals surface area (Å²) in [4.78, 5) is 33.1. The number of aromatic nitrogens is 2. The molecule has 0 bridgehead atoms. The number of pyridine rings is 2. The molecular weight excluding hydrogens is 575 g/mol. The van der Waals surface area contributed by atoms with E-state index in [-0.39, 0.29) is 47.4 Å². The lowest BCUT2D eigenvalue weighted by Gasteiger charge is -2.19. The van der Waals surface area contributed by atoms with Crippen molar-refractivity contribution in [1.29, 1.82) is 5.41 Å². The van der Waals surface area contributed by atoms with Crippen molar-refractivity contribution in [2.75, 3.05) is 29.5 Å². The predicted molar refractivity (Wildman–Crippen MR) is 163 cm³/mol. The number of anilines is 3. The smallest absolute Gasteiger partial charge is 0.384 e. The highest BCUT2D eigenvalue weighted by Crippen LogP contribution is 2.31. The number of carbonyl (C=O) groups is 2. The van der Waals surface area contributed by atoms with Crippen LogP contribution in [0.2, 0.25) is 0 Å². The first-order chi connectivity index (χ1) is 20.9. The maximum atomic E-state index is 13.0. The monoisotopic (exact) mass is 609 g/mol. The van der Waals surface area contributed by atoms with Crippen molar-refractivity contribution in [2.24, 2.45) is 0 Å². The summed E-state index contributed by atoms with van der Waals surface area (Å²) in [6.45, 7) is 4.63. The van der Waals surface area contributed by atoms with Gasteiger partial charge in [-0.25, -0.2) is 9.97 Å². The molecule has 44 heavy (non-hydrogen) atoms. The highest BCUT2D eigenvalue weighted by atomic mass is 19.4. The molecule has 0 fully saturated rings. The van der Waals surface area contributed by atoms with Crippen LogP contribution >= 0.6 is 0 Å². The normalized spacial score (nSPS) is 18.9. The molecule has 10 nitrogen and oxygen atoms in total. The minimum absolute atomic E-state index is 0.0511. The number of nitrogens with one attached hydrogen (secondary N) is 4. The first-order valence-corrected chi connectivity index (χ1v) is 14.1. The number of carbonyl (C=O) groups excluding carboxylic acids is 2. The number of fused-ring (bicyclic) bond motifs is 1. The summed E-state index contributed by atoms with van der Waals surface area (Å²) in [5.74, 6) is -0.857. The van der Waals surface area contributed by atoms with Gasteiger partial charge in [0.2, 0.25) is 5.91 Å². The van der Waals surface area contributed by atoms with E-state index in [1.807, 2.05) is 26.0 Å². The van der Waals surface area contributed by atoms with E-state index in [1.54, 1.807) is 18.3 Å². The molecule has 13 heteroatoms. The third kappa shape index (κ3) is 8.40. The number of alkyl halides is 3. The van der Waals surface area contributed by atoms with Gasteiger partial charge in [0.25, 0.3) is 5.91 Å². The van der Waals surface area contributed by atoms with Gasteiger partial charge in [0.15, 0.2) is 0 Å². The Bertz CT molecular complexity index is 1540. The van der Waals surface area contributed by atoms with Crippen LogP contribution in [0.1, 0.15) is 65.7 Å². The molecule has 3 heterocycles. The molecule has 1 aliphatic rings. The topological polar surface area (TPSA) is 155 Å². The van der Waals surface area contributed by atoms with E-state index in [1.165, 1.54) is 12.1 Å². The van der Waals surface area contributed by atoms with E-state index in [0.29, 0.717) is 48.4 Å². The van der Waals surface area contributed by atoms with Crippen molar-refractivity contribution < 1.29 is 27.5 Å². The van der Waals surface area contributed by atoms with Crippen LogP contribution in [0.3, 0.4) is 0 Å². The third-order valence-corrected chi connectivity index (χ3v) is 6.94. The van der Waals surface area contributed by atoms with Crippen molar-refractivity contribution >= 4 is 40.9 Å². The molecule has 2 aromatic heterocycles. The predicted octanol–water partition coefficient (Wildman–Crippen LogP) is 5.26. The van der Waals surface area contributed by atoms with E-state index in [0.717, 1.165) is 18.3 Å². The molecule has 3 aromatic rings. The van der Waals surface area contributed by atoms with Gasteiger partial charge >= 0.3 is 6.18 Å². The fourth-order valence-electron chi connectivity index (χ4n) is 4.55. The lowest BCUT2D eigenvalue weighted by Crippen LogP contribution is -2.34. The Morgan fingerprint density at radius 3 is 2.59 bits per heavy atom. The largest absolute Gasteiger partial charge is 0.416 e. The number of nitrogen functional groups attached to an aromatic ring is 1. The van der Waals surface area contributed by atoms with Crippen molar-refractivity contribution in [3.8, 4) is 0 Å². The lowest BCUT2D eigenvalue weighted by molar-refractivity contribution is -0.137. The quantitative estimate of drug-likeness (QED) is 0.253. The van der Waals surface area contributed by atoms with Crippen molar-refractivity contribution in [1.82, 2.24) is 15.3 Å².